The van der Waals surface area contributed by atoms with Gasteiger partial charge in [-0.15, -0.1) is 13.2 Å². The lowest BCUT2D eigenvalue weighted by atomic mass is 9.92. The summed E-state index contributed by atoms with van der Waals surface area (Å²) >= 11 is 0. The second-order valence-electron chi connectivity index (χ2n) is 7.50. The molecular weight excluding hydrogens is 343 g/mol. The van der Waals surface area contributed by atoms with Crippen molar-refractivity contribution in [1.29, 1.82) is 0 Å². The molecule has 3 rings (SSSR count). The highest BCUT2D eigenvalue weighted by atomic mass is 19.4. The highest BCUT2D eigenvalue weighted by molar-refractivity contribution is 5.87. The van der Waals surface area contributed by atoms with Crippen molar-refractivity contribution in [2.24, 2.45) is 17.3 Å². The predicted molar refractivity (Wildman–Crippen MR) is 78.2 cm³/mol. The van der Waals surface area contributed by atoms with Crippen LogP contribution < -0.4 is 0 Å². The largest absolute Gasteiger partial charge is 0.522 e. The van der Waals surface area contributed by atoms with Gasteiger partial charge in [0, 0.05) is 12.5 Å². The van der Waals surface area contributed by atoms with E-state index in [1.165, 1.54) is 12.0 Å². The number of fused-ring (bicyclic) bond motifs is 1. The quantitative estimate of drug-likeness (QED) is 0.695. The Balaban J connectivity index is 1.54. The molecule has 9 heteroatoms. The molecule has 1 heterocycles. The zero-order valence-corrected chi connectivity index (χ0v) is 14.3. The minimum atomic E-state index is -4.71. The van der Waals surface area contributed by atoms with Crippen LogP contribution in [0.4, 0.5) is 13.2 Å². The number of hydrogen-bond acceptors (Lipinski definition) is 5. The number of likely N-dealkylation sites (tertiary alicyclic amines) is 1. The van der Waals surface area contributed by atoms with Gasteiger partial charge >= 0.3 is 12.3 Å². The van der Waals surface area contributed by atoms with Gasteiger partial charge in [0.1, 0.15) is 12.6 Å². The minimum Gasteiger partial charge on any atom is -0.467 e. The van der Waals surface area contributed by atoms with Crippen LogP contribution in [0.5, 0.6) is 0 Å². The first-order valence-electron chi connectivity index (χ1n) is 8.29. The Morgan fingerprint density at radius 3 is 2.36 bits per heavy atom. The first-order chi connectivity index (χ1) is 11.6. The molecule has 0 N–H and O–H groups in total. The van der Waals surface area contributed by atoms with E-state index in [4.69, 9.17) is 9.47 Å². The van der Waals surface area contributed by atoms with E-state index in [1.807, 2.05) is 13.8 Å². The summed E-state index contributed by atoms with van der Waals surface area (Å²) in [6.45, 7) is 4.16. The Hall–Kier alpha value is -1.35. The van der Waals surface area contributed by atoms with Gasteiger partial charge < -0.3 is 14.4 Å². The van der Waals surface area contributed by atoms with Crippen LogP contribution in [0.3, 0.4) is 0 Å². The van der Waals surface area contributed by atoms with Gasteiger partial charge in [-0.2, -0.15) is 0 Å². The fourth-order valence-corrected chi connectivity index (χ4v) is 4.13. The van der Waals surface area contributed by atoms with Gasteiger partial charge in [-0.3, -0.25) is 9.53 Å². The van der Waals surface area contributed by atoms with Gasteiger partial charge in [0.2, 0.25) is 5.91 Å². The minimum absolute atomic E-state index is 0.0177. The Bertz CT molecular complexity index is 564. The Morgan fingerprint density at radius 1 is 1.20 bits per heavy atom. The first-order valence-corrected chi connectivity index (χ1v) is 8.29. The summed E-state index contributed by atoms with van der Waals surface area (Å²) in [4.78, 5) is 25.9. The maximum absolute atomic E-state index is 12.4. The van der Waals surface area contributed by atoms with E-state index < -0.39 is 36.5 Å². The maximum atomic E-state index is 12.4. The second kappa shape index (κ2) is 6.12. The molecule has 1 amide bonds. The van der Waals surface area contributed by atoms with E-state index in [0.717, 1.165) is 0 Å². The van der Waals surface area contributed by atoms with Crippen molar-refractivity contribution in [1.82, 2.24) is 4.90 Å². The number of nitrogens with zero attached hydrogens (tertiary/aromatic N) is 1. The highest BCUT2D eigenvalue weighted by Crippen LogP contribution is 2.64. The van der Waals surface area contributed by atoms with Crippen LogP contribution >= 0.6 is 0 Å². The van der Waals surface area contributed by atoms with Crippen LogP contribution in [0, 0.1) is 17.3 Å². The molecule has 1 aliphatic heterocycles. The molecule has 0 aromatic rings. The standard InChI is InChI=1S/C16H22F3NO5/c1-15(2)8-6-20(13(12(8)15)14(22)23-3)11(21)7-24-9-4-5-10(9)25-16(17,18)19/h8-10,12-13H,4-7H2,1-3H3/t8-,9-,10?,12-,13-/m0/s1. The van der Waals surface area contributed by atoms with E-state index in [-0.39, 0.29) is 30.3 Å². The second-order valence-corrected chi connectivity index (χ2v) is 7.50. The summed E-state index contributed by atoms with van der Waals surface area (Å²) in [6, 6.07) is -0.648. The third-order valence-corrected chi connectivity index (χ3v) is 5.83. The van der Waals surface area contributed by atoms with Crippen molar-refractivity contribution in [2.75, 3.05) is 20.3 Å². The summed E-state index contributed by atoms with van der Waals surface area (Å²) < 4.78 is 50.8. The van der Waals surface area contributed by atoms with Crippen molar-refractivity contribution in [3.8, 4) is 0 Å². The smallest absolute Gasteiger partial charge is 0.467 e. The summed E-state index contributed by atoms with van der Waals surface area (Å²) in [7, 11) is 1.28. The lowest BCUT2D eigenvalue weighted by Crippen LogP contribution is -2.49. The number of carbonyl (C=O) groups is 2. The molecule has 0 bridgehead atoms. The van der Waals surface area contributed by atoms with Crippen molar-refractivity contribution in [3.63, 3.8) is 0 Å². The lowest BCUT2D eigenvalue weighted by Gasteiger charge is -2.36. The normalized spacial score (nSPS) is 35.8. The zero-order chi connectivity index (χ0) is 18.6. The molecule has 25 heavy (non-hydrogen) atoms. The molecule has 1 unspecified atom stereocenters. The number of hydrogen-bond donors (Lipinski definition) is 0. The van der Waals surface area contributed by atoms with Crippen LogP contribution in [0.25, 0.3) is 0 Å². The topological polar surface area (TPSA) is 65.1 Å². The fourth-order valence-electron chi connectivity index (χ4n) is 4.13. The molecule has 2 aliphatic carbocycles. The number of methoxy groups -OCH3 is 1. The Morgan fingerprint density at radius 2 is 1.84 bits per heavy atom. The van der Waals surface area contributed by atoms with Crippen LogP contribution in [0.15, 0.2) is 0 Å². The molecule has 3 fully saturated rings. The van der Waals surface area contributed by atoms with Crippen LogP contribution in [-0.4, -0.2) is 61.6 Å². The molecule has 0 radical (unpaired) electrons. The van der Waals surface area contributed by atoms with Gasteiger partial charge in [-0.05, 0) is 24.2 Å². The van der Waals surface area contributed by atoms with Gasteiger partial charge in [0.05, 0.1) is 19.3 Å². The molecule has 0 aromatic carbocycles. The first kappa shape index (κ1) is 18.4. The number of halogens is 3. The van der Waals surface area contributed by atoms with Crippen molar-refractivity contribution >= 4 is 11.9 Å². The number of ether oxygens (including phenoxy) is 3. The van der Waals surface area contributed by atoms with E-state index in [2.05, 4.69) is 4.74 Å². The van der Waals surface area contributed by atoms with Crippen LogP contribution in [-0.2, 0) is 23.8 Å². The molecule has 1 saturated heterocycles. The Labute approximate surface area is 143 Å². The summed E-state index contributed by atoms with van der Waals surface area (Å²) in [6.07, 6.45) is -5.89. The van der Waals surface area contributed by atoms with Crippen molar-refractivity contribution in [2.45, 2.75) is 51.3 Å². The van der Waals surface area contributed by atoms with Crippen LogP contribution in [0.1, 0.15) is 26.7 Å². The Kier molecular flexibility index (Phi) is 4.51. The number of alkyl halides is 3. The van der Waals surface area contributed by atoms with Gasteiger partial charge in [0.25, 0.3) is 0 Å². The number of carbonyl (C=O) groups excluding carboxylic acids is 2. The lowest BCUT2D eigenvalue weighted by molar-refractivity contribution is -0.363. The summed E-state index contributed by atoms with van der Waals surface area (Å²) in [5.41, 5.74) is -0.0177. The van der Waals surface area contributed by atoms with Crippen molar-refractivity contribution in [3.05, 3.63) is 0 Å². The predicted octanol–water partition coefficient (Wildman–Crippen LogP) is 1.73. The SMILES string of the molecule is COC(=O)[C@@H]1[C@@H]2[C@H](CN1C(=O)CO[C@H]1CCC1OC(F)(F)F)C2(C)C. The van der Waals surface area contributed by atoms with Crippen molar-refractivity contribution < 1.29 is 37.0 Å². The van der Waals surface area contributed by atoms with Gasteiger partial charge in [-0.25, -0.2) is 4.79 Å². The van der Waals surface area contributed by atoms with E-state index in [9.17, 15) is 22.8 Å². The van der Waals surface area contributed by atoms with Crippen LogP contribution in [0.2, 0.25) is 0 Å². The maximum Gasteiger partial charge on any atom is 0.522 e. The molecule has 2 saturated carbocycles. The van der Waals surface area contributed by atoms with Gasteiger partial charge in [0.15, 0.2) is 0 Å². The molecule has 0 spiro atoms. The number of rotatable bonds is 5. The molecule has 3 aliphatic rings. The average Bonchev–Trinajstić information content (AvgIpc) is 2.87. The third-order valence-electron chi connectivity index (χ3n) is 5.83. The summed E-state index contributed by atoms with van der Waals surface area (Å²) in [5.74, 6) is -0.594. The van der Waals surface area contributed by atoms with E-state index >= 15 is 0 Å². The molecule has 142 valence electrons. The molecule has 6 nitrogen and oxygen atoms in total. The van der Waals surface area contributed by atoms with E-state index in [0.29, 0.717) is 13.0 Å². The molecular formula is C16H22F3NO5. The monoisotopic (exact) mass is 365 g/mol. The number of esters is 1. The highest BCUT2D eigenvalue weighted by Gasteiger charge is 2.69. The zero-order valence-electron chi connectivity index (χ0n) is 14.3. The summed E-state index contributed by atoms with van der Waals surface area (Å²) in [5, 5.41) is 0. The number of amides is 1. The van der Waals surface area contributed by atoms with E-state index in [1.54, 1.807) is 0 Å². The third kappa shape index (κ3) is 3.36. The molecule has 5 atom stereocenters. The average molecular weight is 365 g/mol. The fraction of sp³-hybridized carbons (Fsp3) is 0.875. The van der Waals surface area contributed by atoms with Gasteiger partial charge in [-0.1, -0.05) is 13.8 Å². The number of piperidine rings is 1. The molecule has 0 aromatic heterocycles.